The molecule has 0 saturated carbocycles. The molecule has 3 rings (SSSR count). The fourth-order valence-electron chi connectivity index (χ4n) is 3.59. The van der Waals surface area contributed by atoms with Crippen molar-refractivity contribution in [1.29, 1.82) is 0 Å². The molecule has 1 amide bonds. The van der Waals surface area contributed by atoms with Crippen LogP contribution in [-0.2, 0) is 4.79 Å². The van der Waals surface area contributed by atoms with Gasteiger partial charge in [-0.25, -0.2) is 4.39 Å². The summed E-state index contributed by atoms with van der Waals surface area (Å²) in [5.41, 5.74) is 1.79. The highest BCUT2D eigenvalue weighted by Gasteiger charge is 2.30. The highest BCUT2D eigenvalue weighted by molar-refractivity contribution is 5.81. The first-order valence-corrected chi connectivity index (χ1v) is 9.88. The smallest absolute Gasteiger partial charge is 0.225 e. The van der Waals surface area contributed by atoms with Gasteiger partial charge in [0.15, 0.2) is 0 Å². The molecule has 0 spiro atoms. The molecule has 5 nitrogen and oxygen atoms in total. The maximum absolute atomic E-state index is 13.2. The molecule has 0 radical (unpaired) electrons. The number of carbonyl (C=O) groups is 1. The van der Waals surface area contributed by atoms with Crippen LogP contribution in [0.3, 0.4) is 0 Å². The van der Waals surface area contributed by atoms with Crippen LogP contribution in [0.4, 0.5) is 10.1 Å². The van der Waals surface area contributed by atoms with Crippen molar-refractivity contribution in [3.8, 4) is 0 Å². The standard InChI is InChI=1S/C22H29FN4O/c1-22(2,3)21(28)25-16-20(17-5-4-10-24-15-17)27-13-11-26(12-14-27)19-8-6-18(23)7-9-19/h4-10,15,20H,11-14,16H2,1-3H3,(H,25,28)/p+1. The van der Waals surface area contributed by atoms with Crippen molar-refractivity contribution in [1.82, 2.24) is 10.3 Å². The van der Waals surface area contributed by atoms with Crippen molar-refractivity contribution in [2.75, 3.05) is 37.6 Å². The third kappa shape index (κ3) is 5.07. The highest BCUT2D eigenvalue weighted by atomic mass is 19.1. The Kier molecular flexibility index (Phi) is 6.29. The molecule has 1 atom stereocenters. The van der Waals surface area contributed by atoms with E-state index in [4.69, 9.17) is 0 Å². The summed E-state index contributed by atoms with van der Waals surface area (Å²) < 4.78 is 13.2. The lowest BCUT2D eigenvalue weighted by molar-refractivity contribution is -0.931. The fraction of sp³-hybridized carbons (Fsp3) is 0.455. The number of amides is 1. The van der Waals surface area contributed by atoms with E-state index in [1.54, 1.807) is 6.20 Å². The molecule has 0 aliphatic carbocycles. The van der Waals surface area contributed by atoms with Crippen molar-refractivity contribution >= 4 is 11.6 Å². The van der Waals surface area contributed by atoms with E-state index < -0.39 is 5.41 Å². The number of quaternary nitrogens is 1. The van der Waals surface area contributed by atoms with Crippen LogP contribution >= 0.6 is 0 Å². The topological polar surface area (TPSA) is 49.7 Å². The van der Waals surface area contributed by atoms with Gasteiger partial charge in [-0.05, 0) is 36.4 Å². The molecule has 1 aromatic carbocycles. The Bertz CT molecular complexity index is 765. The fourth-order valence-corrected chi connectivity index (χ4v) is 3.59. The van der Waals surface area contributed by atoms with Crippen molar-refractivity contribution < 1.29 is 14.1 Å². The van der Waals surface area contributed by atoms with Gasteiger partial charge in [-0.15, -0.1) is 0 Å². The highest BCUT2D eigenvalue weighted by Crippen LogP contribution is 2.16. The Balaban J connectivity index is 1.67. The van der Waals surface area contributed by atoms with Gasteiger partial charge in [-0.3, -0.25) is 9.78 Å². The van der Waals surface area contributed by atoms with Crippen LogP contribution in [-0.4, -0.2) is 43.6 Å². The predicted octanol–water partition coefficient (Wildman–Crippen LogP) is 1.83. The number of carbonyl (C=O) groups excluding carboxylic acids is 1. The molecule has 28 heavy (non-hydrogen) atoms. The molecule has 0 bridgehead atoms. The zero-order valence-electron chi connectivity index (χ0n) is 16.9. The number of hydrogen-bond donors (Lipinski definition) is 2. The van der Waals surface area contributed by atoms with Gasteiger partial charge in [0.2, 0.25) is 5.91 Å². The Hall–Kier alpha value is -2.47. The number of benzene rings is 1. The minimum atomic E-state index is -0.407. The number of halogens is 1. The van der Waals surface area contributed by atoms with Crippen LogP contribution in [0.1, 0.15) is 32.4 Å². The van der Waals surface area contributed by atoms with Gasteiger partial charge in [0.05, 0.1) is 32.7 Å². The van der Waals surface area contributed by atoms with Gasteiger partial charge in [-0.1, -0.05) is 20.8 Å². The molecule has 1 aromatic heterocycles. The van der Waals surface area contributed by atoms with Crippen molar-refractivity contribution in [2.24, 2.45) is 5.41 Å². The predicted molar refractivity (Wildman–Crippen MR) is 109 cm³/mol. The van der Waals surface area contributed by atoms with Crippen molar-refractivity contribution in [2.45, 2.75) is 26.8 Å². The molecule has 2 aromatic rings. The van der Waals surface area contributed by atoms with Crippen molar-refractivity contribution in [3.05, 3.63) is 60.2 Å². The summed E-state index contributed by atoms with van der Waals surface area (Å²) >= 11 is 0. The van der Waals surface area contributed by atoms with E-state index in [2.05, 4.69) is 21.3 Å². The molecular formula is C22H30FN4O+. The normalized spacial score (nSPS) is 16.6. The number of nitrogens with zero attached hydrogens (tertiary/aromatic N) is 2. The maximum Gasteiger partial charge on any atom is 0.225 e. The van der Waals surface area contributed by atoms with Gasteiger partial charge < -0.3 is 15.1 Å². The summed E-state index contributed by atoms with van der Waals surface area (Å²) in [7, 11) is 0. The monoisotopic (exact) mass is 385 g/mol. The zero-order valence-corrected chi connectivity index (χ0v) is 16.9. The molecule has 1 aliphatic heterocycles. The molecule has 150 valence electrons. The lowest BCUT2D eigenvalue weighted by atomic mass is 9.95. The Morgan fingerprint density at radius 2 is 1.89 bits per heavy atom. The van der Waals surface area contributed by atoms with Crippen LogP contribution in [0.2, 0.25) is 0 Å². The van der Waals surface area contributed by atoms with Crippen molar-refractivity contribution in [3.63, 3.8) is 0 Å². The molecule has 6 heteroatoms. The molecule has 2 heterocycles. The Morgan fingerprint density at radius 3 is 2.46 bits per heavy atom. The zero-order chi connectivity index (χ0) is 20.1. The summed E-state index contributed by atoms with van der Waals surface area (Å²) in [6, 6.07) is 10.9. The van der Waals surface area contributed by atoms with E-state index in [9.17, 15) is 9.18 Å². The van der Waals surface area contributed by atoms with Crippen LogP contribution in [0.5, 0.6) is 0 Å². The summed E-state index contributed by atoms with van der Waals surface area (Å²) in [4.78, 5) is 20.4. The van der Waals surface area contributed by atoms with Gasteiger partial charge >= 0.3 is 0 Å². The molecule has 1 aliphatic rings. The SMILES string of the molecule is CC(C)(C)C(=O)NCC(c1cccnc1)[NH+]1CCN(c2ccc(F)cc2)CC1. The second-order valence-corrected chi connectivity index (χ2v) is 8.42. The van der Waals surface area contributed by atoms with E-state index in [0.29, 0.717) is 6.54 Å². The molecule has 1 unspecified atom stereocenters. The first-order valence-electron chi connectivity index (χ1n) is 9.88. The number of aromatic nitrogens is 1. The first-order chi connectivity index (χ1) is 13.3. The van der Waals surface area contributed by atoms with E-state index in [-0.39, 0.29) is 17.8 Å². The minimum Gasteiger partial charge on any atom is -0.360 e. The summed E-state index contributed by atoms with van der Waals surface area (Å²) in [6.07, 6.45) is 3.67. The summed E-state index contributed by atoms with van der Waals surface area (Å²) in [5.74, 6) is -0.148. The van der Waals surface area contributed by atoms with Crippen LogP contribution in [0.15, 0.2) is 48.8 Å². The average molecular weight is 386 g/mol. The second kappa shape index (κ2) is 8.69. The third-order valence-corrected chi connectivity index (χ3v) is 5.32. The number of piperazine rings is 1. The average Bonchev–Trinajstić information content (AvgIpc) is 2.69. The number of pyridine rings is 1. The molecule has 1 fully saturated rings. The Morgan fingerprint density at radius 1 is 1.21 bits per heavy atom. The molecule has 2 N–H and O–H groups in total. The van der Waals surface area contributed by atoms with E-state index in [1.165, 1.54) is 17.0 Å². The minimum absolute atomic E-state index is 0.0609. The number of anilines is 1. The molecule has 1 saturated heterocycles. The van der Waals surface area contributed by atoms with Gasteiger partial charge in [0.25, 0.3) is 0 Å². The summed E-state index contributed by atoms with van der Waals surface area (Å²) in [5, 5.41) is 3.12. The van der Waals surface area contributed by atoms with E-state index in [1.807, 2.05) is 45.2 Å². The van der Waals surface area contributed by atoms with Crippen LogP contribution in [0.25, 0.3) is 0 Å². The van der Waals surface area contributed by atoms with Gasteiger partial charge in [-0.2, -0.15) is 0 Å². The largest absolute Gasteiger partial charge is 0.360 e. The maximum atomic E-state index is 13.2. The van der Waals surface area contributed by atoms with Crippen LogP contribution in [0, 0.1) is 11.2 Å². The van der Waals surface area contributed by atoms with Gasteiger partial charge in [0, 0.05) is 29.1 Å². The van der Waals surface area contributed by atoms with Gasteiger partial charge in [0.1, 0.15) is 11.9 Å². The van der Waals surface area contributed by atoms with E-state index in [0.717, 1.165) is 37.4 Å². The summed E-state index contributed by atoms with van der Waals surface area (Å²) in [6.45, 7) is 10.1. The first kappa shape index (κ1) is 20.3. The lowest BCUT2D eigenvalue weighted by Crippen LogP contribution is -3.15. The number of rotatable bonds is 5. The lowest BCUT2D eigenvalue weighted by Gasteiger charge is -2.38. The third-order valence-electron chi connectivity index (χ3n) is 5.32. The second-order valence-electron chi connectivity index (χ2n) is 8.42. The quantitative estimate of drug-likeness (QED) is 0.826. The number of nitrogens with one attached hydrogen (secondary N) is 2. The number of hydrogen-bond acceptors (Lipinski definition) is 3. The molecular weight excluding hydrogens is 355 g/mol. The van der Waals surface area contributed by atoms with E-state index >= 15 is 0 Å². The van der Waals surface area contributed by atoms with Crippen LogP contribution < -0.4 is 15.1 Å². The Labute approximate surface area is 166 Å².